The van der Waals surface area contributed by atoms with Crippen LogP contribution in [0.1, 0.15) is 17.1 Å². The molecule has 0 amide bonds. The first-order chi connectivity index (χ1) is 8.78. The van der Waals surface area contributed by atoms with Crippen LogP contribution in [0.4, 0.5) is 0 Å². The van der Waals surface area contributed by atoms with Crippen molar-refractivity contribution in [3.63, 3.8) is 0 Å². The standard InChI is InChI=1S/C12H11ClN4S/c13-9-3-1-8(2-4-9)5-11-15-16-12-17(11)10(6-14)7-18-12/h1-4,7H,5-6,14H2. The number of hydrogen-bond acceptors (Lipinski definition) is 4. The molecule has 0 saturated carbocycles. The maximum absolute atomic E-state index is 5.87. The number of nitrogens with two attached hydrogens (primary N) is 1. The molecule has 3 rings (SSSR count). The number of aromatic nitrogens is 3. The van der Waals surface area contributed by atoms with Gasteiger partial charge in [-0.25, -0.2) is 0 Å². The molecule has 0 unspecified atom stereocenters. The highest BCUT2D eigenvalue weighted by molar-refractivity contribution is 7.15. The van der Waals surface area contributed by atoms with Crippen LogP contribution in [0.2, 0.25) is 5.02 Å². The summed E-state index contributed by atoms with van der Waals surface area (Å²) in [6, 6.07) is 7.76. The van der Waals surface area contributed by atoms with Crippen molar-refractivity contribution in [1.29, 1.82) is 0 Å². The lowest BCUT2D eigenvalue weighted by Crippen LogP contribution is -2.04. The zero-order valence-electron chi connectivity index (χ0n) is 9.51. The molecule has 6 heteroatoms. The molecule has 0 aliphatic heterocycles. The Kier molecular flexibility index (Phi) is 3.03. The molecule has 92 valence electrons. The van der Waals surface area contributed by atoms with Crippen molar-refractivity contribution < 1.29 is 0 Å². The summed E-state index contributed by atoms with van der Waals surface area (Å²) in [6.45, 7) is 0.492. The fraction of sp³-hybridized carbons (Fsp3) is 0.167. The SMILES string of the molecule is NCc1csc2nnc(Cc3ccc(Cl)cc3)n12. The second kappa shape index (κ2) is 4.68. The van der Waals surface area contributed by atoms with Crippen LogP contribution in [0.5, 0.6) is 0 Å². The molecule has 2 N–H and O–H groups in total. The van der Waals surface area contributed by atoms with Gasteiger partial charge in [0.05, 0.1) is 5.69 Å². The van der Waals surface area contributed by atoms with E-state index in [0.29, 0.717) is 6.54 Å². The van der Waals surface area contributed by atoms with Crippen LogP contribution in [0, 0.1) is 0 Å². The predicted octanol–water partition coefficient (Wildman–Crippen LogP) is 2.49. The van der Waals surface area contributed by atoms with Crippen molar-refractivity contribution in [3.8, 4) is 0 Å². The minimum absolute atomic E-state index is 0.492. The first-order valence-corrected chi connectivity index (χ1v) is 6.78. The summed E-state index contributed by atoms with van der Waals surface area (Å²) >= 11 is 7.43. The molecule has 0 saturated heterocycles. The molecule has 0 spiro atoms. The lowest BCUT2D eigenvalue weighted by Gasteiger charge is -2.01. The predicted molar refractivity (Wildman–Crippen MR) is 73.0 cm³/mol. The van der Waals surface area contributed by atoms with Crippen LogP contribution in [0.25, 0.3) is 4.96 Å². The minimum atomic E-state index is 0.492. The summed E-state index contributed by atoms with van der Waals surface area (Å²) in [4.78, 5) is 0.888. The number of halogens is 1. The number of hydrogen-bond donors (Lipinski definition) is 1. The topological polar surface area (TPSA) is 56.2 Å². The van der Waals surface area contributed by atoms with Gasteiger partial charge in [-0.1, -0.05) is 23.7 Å². The van der Waals surface area contributed by atoms with E-state index in [1.54, 1.807) is 11.3 Å². The summed E-state index contributed by atoms with van der Waals surface area (Å²) in [5, 5.41) is 11.1. The van der Waals surface area contributed by atoms with E-state index in [0.717, 1.165) is 33.5 Å². The summed E-state index contributed by atoms with van der Waals surface area (Å²) in [7, 11) is 0. The molecule has 3 aromatic rings. The third-order valence-corrected chi connectivity index (χ3v) is 3.89. The Morgan fingerprint density at radius 3 is 2.72 bits per heavy atom. The van der Waals surface area contributed by atoms with E-state index >= 15 is 0 Å². The van der Waals surface area contributed by atoms with E-state index in [9.17, 15) is 0 Å². The van der Waals surface area contributed by atoms with Crippen LogP contribution in [-0.2, 0) is 13.0 Å². The zero-order valence-corrected chi connectivity index (χ0v) is 11.1. The smallest absolute Gasteiger partial charge is 0.216 e. The van der Waals surface area contributed by atoms with Crippen molar-refractivity contribution in [2.45, 2.75) is 13.0 Å². The summed E-state index contributed by atoms with van der Waals surface area (Å²) in [6.07, 6.45) is 0.724. The lowest BCUT2D eigenvalue weighted by molar-refractivity contribution is 0.879. The van der Waals surface area contributed by atoms with Gasteiger partial charge < -0.3 is 5.73 Å². The zero-order chi connectivity index (χ0) is 12.5. The number of nitrogens with zero attached hydrogens (tertiary/aromatic N) is 3. The molecule has 18 heavy (non-hydrogen) atoms. The molecule has 0 aliphatic rings. The molecule has 0 fully saturated rings. The van der Waals surface area contributed by atoms with E-state index < -0.39 is 0 Å². The summed E-state index contributed by atoms with van der Waals surface area (Å²) in [5.41, 5.74) is 7.92. The summed E-state index contributed by atoms with van der Waals surface area (Å²) in [5.74, 6) is 0.911. The maximum atomic E-state index is 5.87. The van der Waals surface area contributed by atoms with Crippen LogP contribution >= 0.6 is 22.9 Å². The van der Waals surface area contributed by atoms with Gasteiger partial charge in [-0.15, -0.1) is 21.5 Å². The first-order valence-electron chi connectivity index (χ1n) is 5.53. The van der Waals surface area contributed by atoms with E-state index in [4.69, 9.17) is 17.3 Å². The van der Waals surface area contributed by atoms with Crippen LogP contribution in [0.15, 0.2) is 29.6 Å². The molecule has 2 aromatic heterocycles. The number of fused-ring (bicyclic) bond motifs is 1. The molecule has 2 heterocycles. The van der Waals surface area contributed by atoms with E-state index in [-0.39, 0.29) is 0 Å². The highest BCUT2D eigenvalue weighted by atomic mass is 35.5. The van der Waals surface area contributed by atoms with Crippen molar-refractivity contribution in [2.24, 2.45) is 5.73 Å². The van der Waals surface area contributed by atoms with Gasteiger partial charge in [-0.3, -0.25) is 4.40 Å². The van der Waals surface area contributed by atoms with Gasteiger partial charge in [-0.2, -0.15) is 0 Å². The second-order valence-corrected chi connectivity index (χ2v) is 5.24. The number of rotatable bonds is 3. The van der Waals surface area contributed by atoms with Gasteiger partial charge in [0.15, 0.2) is 0 Å². The highest BCUT2D eigenvalue weighted by Gasteiger charge is 2.11. The van der Waals surface area contributed by atoms with E-state index in [1.165, 1.54) is 0 Å². The number of benzene rings is 1. The third kappa shape index (κ3) is 2.01. The Morgan fingerprint density at radius 1 is 1.22 bits per heavy atom. The van der Waals surface area contributed by atoms with Gasteiger partial charge >= 0.3 is 0 Å². The normalized spacial score (nSPS) is 11.2. The van der Waals surface area contributed by atoms with Gasteiger partial charge in [0, 0.05) is 23.4 Å². The van der Waals surface area contributed by atoms with Crippen LogP contribution in [0.3, 0.4) is 0 Å². The van der Waals surface area contributed by atoms with E-state index in [1.807, 2.05) is 34.0 Å². The second-order valence-electron chi connectivity index (χ2n) is 3.97. The molecule has 0 atom stereocenters. The fourth-order valence-corrected chi connectivity index (χ4v) is 2.86. The molecule has 0 bridgehead atoms. The van der Waals surface area contributed by atoms with E-state index in [2.05, 4.69) is 10.2 Å². The maximum Gasteiger partial charge on any atom is 0.216 e. The van der Waals surface area contributed by atoms with Gasteiger partial charge in [0.25, 0.3) is 0 Å². The Balaban J connectivity index is 1.99. The van der Waals surface area contributed by atoms with Crippen molar-refractivity contribution in [2.75, 3.05) is 0 Å². The molecule has 0 radical (unpaired) electrons. The Hall–Kier alpha value is -1.43. The van der Waals surface area contributed by atoms with Gasteiger partial charge in [0.1, 0.15) is 5.82 Å². The average Bonchev–Trinajstić information content (AvgIpc) is 2.95. The molecule has 0 aliphatic carbocycles. The molecule has 1 aromatic carbocycles. The monoisotopic (exact) mass is 278 g/mol. The Morgan fingerprint density at radius 2 is 2.00 bits per heavy atom. The lowest BCUT2D eigenvalue weighted by atomic mass is 10.1. The van der Waals surface area contributed by atoms with Crippen LogP contribution < -0.4 is 5.73 Å². The summed E-state index contributed by atoms with van der Waals surface area (Å²) < 4.78 is 2.03. The average molecular weight is 279 g/mol. The Bertz CT molecular complexity index is 671. The van der Waals surface area contributed by atoms with Crippen molar-refractivity contribution >= 4 is 27.9 Å². The Labute approximate surface area is 113 Å². The number of thiazole rings is 1. The molecular formula is C12H11ClN4S. The highest BCUT2D eigenvalue weighted by Crippen LogP contribution is 2.18. The van der Waals surface area contributed by atoms with Crippen molar-refractivity contribution in [1.82, 2.24) is 14.6 Å². The largest absolute Gasteiger partial charge is 0.325 e. The molecule has 4 nitrogen and oxygen atoms in total. The molecular weight excluding hydrogens is 268 g/mol. The fourth-order valence-electron chi connectivity index (χ4n) is 1.88. The van der Waals surface area contributed by atoms with Gasteiger partial charge in [-0.05, 0) is 17.7 Å². The minimum Gasteiger partial charge on any atom is -0.325 e. The third-order valence-electron chi connectivity index (χ3n) is 2.77. The van der Waals surface area contributed by atoms with Gasteiger partial charge in [0.2, 0.25) is 4.96 Å². The first kappa shape index (κ1) is 11.6. The quantitative estimate of drug-likeness (QED) is 0.801. The van der Waals surface area contributed by atoms with Crippen molar-refractivity contribution in [3.05, 3.63) is 51.7 Å². The van der Waals surface area contributed by atoms with Crippen LogP contribution in [-0.4, -0.2) is 14.6 Å².